The van der Waals surface area contributed by atoms with Crippen LogP contribution in [0.1, 0.15) is 18.2 Å². The molecule has 0 aliphatic rings. The number of hydrogen-bond acceptors (Lipinski definition) is 5. The Bertz CT molecular complexity index is 980. The standard InChI is InChI=1S/C18H13N3O3/c1-12(22)15(10-13-5-4-6-14(9-13)21(23)24)18-11-19-16-7-2-3-8-17(16)20-18/h2-11H,1H3. The van der Waals surface area contributed by atoms with E-state index in [4.69, 9.17) is 0 Å². The van der Waals surface area contributed by atoms with E-state index in [1.807, 2.05) is 24.3 Å². The zero-order chi connectivity index (χ0) is 17.1. The molecular formula is C18H13N3O3. The number of ketones is 1. The Morgan fingerprint density at radius 1 is 1.12 bits per heavy atom. The minimum Gasteiger partial charge on any atom is -0.294 e. The first kappa shape index (κ1) is 15.5. The first-order chi connectivity index (χ1) is 11.5. The van der Waals surface area contributed by atoms with Crippen LogP contribution < -0.4 is 0 Å². The van der Waals surface area contributed by atoms with Gasteiger partial charge in [-0.3, -0.25) is 19.9 Å². The summed E-state index contributed by atoms with van der Waals surface area (Å²) >= 11 is 0. The maximum Gasteiger partial charge on any atom is 0.270 e. The summed E-state index contributed by atoms with van der Waals surface area (Å²) in [6.45, 7) is 1.43. The first-order valence-electron chi connectivity index (χ1n) is 7.24. The molecule has 0 saturated heterocycles. The van der Waals surface area contributed by atoms with Crippen molar-refractivity contribution in [2.45, 2.75) is 6.92 Å². The van der Waals surface area contributed by atoms with Crippen molar-refractivity contribution in [2.24, 2.45) is 0 Å². The van der Waals surface area contributed by atoms with Crippen LogP contribution in [0.15, 0.2) is 54.7 Å². The van der Waals surface area contributed by atoms with E-state index in [0.29, 0.717) is 22.3 Å². The number of fused-ring (bicyclic) bond motifs is 1. The molecule has 0 unspecified atom stereocenters. The topological polar surface area (TPSA) is 86.0 Å². The minimum absolute atomic E-state index is 0.0313. The number of carbonyl (C=O) groups excluding carboxylic acids is 1. The van der Waals surface area contributed by atoms with Crippen molar-refractivity contribution in [1.29, 1.82) is 0 Å². The minimum atomic E-state index is -0.472. The molecule has 0 atom stereocenters. The van der Waals surface area contributed by atoms with Crippen molar-refractivity contribution in [3.8, 4) is 0 Å². The molecule has 3 rings (SSSR count). The molecular weight excluding hydrogens is 306 g/mol. The summed E-state index contributed by atoms with van der Waals surface area (Å²) < 4.78 is 0. The zero-order valence-corrected chi connectivity index (χ0v) is 12.8. The van der Waals surface area contributed by atoms with Gasteiger partial charge < -0.3 is 0 Å². The van der Waals surface area contributed by atoms with Crippen LogP contribution in [0.2, 0.25) is 0 Å². The summed E-state index contributed by atoms with van der Waals surface area (Å²) in [7, 11) is 0. The van der Waals surface area contributed by atoms with Gasteiger partial charge in [-0.15, -0.1) is 0 Å². The second-order valence-corrected chi connectivity index (χ2v) is 5.21. The summed E-state index contributed by atoms with van der Waals surface area (Å²) in [6, 6.07) is 13.5. The molecule has 1 aromatic heterocycles. The average molecular weight is 319 g/mol. The Kier molecular flexibility index (Phi) is 4.11. The number of nitrogens with zero attached hydrogens (tertiary/aromatic N) is 3. The van der Waals surface area contributed by atoms with Gasteiger partial charge in [0.1, 0.15) is 0 Å². The lowest BCUT2D eigenvalue weighted by Gasteiger charge is -2.05. The van der Waals surface area contributed by atoms with Crippen LogP contribution in [0.4, 0.5) is 5.69 Å². The smallest absolute Gasteiger partial charge is 0.270 e. The molecule has 0 aliphatic carbocycles. The second kappa shape index (κ2) is 6.37. The fourth-order valence-electron chi connectivity index (χ4n) is 2.34. The molecule has 1 heterocycles. The molecule has 0 N–H and O–H groups in total. The van der Waals surface area contributed by atoms with E-state index in [2.05, 4.69) is 9.97 Å². The highest BCUT2D eigenvalue weighted by Gasteiger charge is 2.12. The van der Waals surface area contributed by atoms with E-state index in [1.165, 1.54) is 25.3 Å². The summed E-state index contributed by atoms with van der Waals surface area (Å²) in [5, 5.41) is 10.9. The third-order valence-corrected chi connectivity index (χ3v) is 3.50. The summed E-state index contributed by atoms with van der Waals surface area (Å²) in [6.07, 6.45) is 3.13. The highest BCUT2D eigenvalue weighted by molar-refractivity contribution is 6.23. The molecule has 0 amide bonds. The number of allylic oxidation sites excluding steroid dienone is 1. The van der Waals surface area contributed by atoms with Crippen LogP contribution in [0, 0.1) is 10.1 Å². The highest BCUT2D eigenvalue weighted by Crippen LogP contribution is 2.21. The molecule has 6 nitrogen and oxygen atoms in total. The maximum atomic E-state index is 12.0. The number of aromatic nitrogens is 2. The van der Waals surface area contributed by atoms with E-state index >= 15 is 0 Å². The van der Waals surface area contributed by atoms with E-state index in [1.54, 1.807) is 18.2 Å². The van der Waals surface area contributed by atoms with Gasteiger partial charge in [0.15, 0.2) is 5.78 Å². The first-order valence-corrected chi connectivity index (χ1v) is 7.24. The molecule has 0 radical (unpaired) electrons. The SMILES string of the molecule is CC(=O)C(=Cc1cccc([N+](=O)[O-])c1)c1cnc2ccccc2n1. The van der Waals surface area contributed by atoms with E-state index < -0.39 is 4.92 Å². The van der Waals surface area contributed by atoms with Gasteiger partial charge >= 0.3 is 0 Å². The summed E-state index contributed by atoms with van der Waals surface area (Å²) in [4.78, 5) is 31.2. The van der Waals surface area contributed by atoms with Gasteiger partial charge in [-0.2, -0.15) is 0 Å². The predicted molar refractivity (Wildman–Crippen MR) is 91.2 cm³/mol. The number of nitro groups is 1. The highest BCUT2D eigenvalue weighted by atomic mass is 16.6. The summed E-state index contributed by atoms with van der Waals surface area (Å²) in [5.41, 5.74) is 2.74. The Balaban J connectivity index is 2.10. The number of benzene rings is 2. The lowest BCUT2D eigenvalue weighted by atomic mass is 10.0. The molecule has 0 bridgehead atoms. The third kappa shape index (κ3) is 3.17. The number of Topliss-reactive ketones (excluding diaryl/α,β-unsaturated/α-hetero) is 1. The fraction of sp³-hybridized carbons (Fsp3) is 0.0556. The van der Waals surface area contributed by atoms with Crippen molar-refractivity contribution < 1.29 is 9.72 Å². The van der Waals surface area contributed by atoms with Crippen molar-refractivity contribution in [3.63, 3.8) is 0 Å². The number of hydrogen-bond donors (Lipinski definition) is 0. The average Bonchev–Trinajstić information content (AvgIpc) is 2.59. The zero-order valence-electron chi connectivity index (χ0n) is 12.8. The van der Waals surface area contributed by atoms with Crippen molar-refractivity contribution in [2.75, 3.05) is 0 Å². The normalized spacial score (nSPS) is 11.5. The number of rotatable bonds is 4. The lowest BCUT2D eigenvalue weighted by Crippen LogP contribution is -2.00. The second-order valence-electron chi connectivity index (χ2n) is 5.21. The maximum absolute atomic E-state index is 12.0. The Morgan fingerprint density at radius 3 is 2.58 bits per heavy atom. The molecule has 118 valence electrons. The molecule has 2 aromatic carbocycles. The van der Waals surface area contributed by atoms with Crippen LogP contribution in [0.3, 0.4) is 0 Å². The van der Waals surface area contributed by atoms with Crippen LogP contribution in [0.5, 0.6) is 0 Å². The van der Waals surface area contributed by atoms with Gasteiger partial charge in [0.25, 0.3) is 5.69 Å². The number of para-hydroxylation sites is 2. The van der Waals surface area contributed by atoms with Gasteiger partial charge in [0, 0.05) is 17.7 Å². The number of non-ortho nitro benzene ring substituents is 1. The van der Waals surface area contributed by atoms with Gasteiger partial charge in [0.2, 0.25) is 0 Å². The number of carbonyl (C=O) groups is 1. The van der Waals surface area contributed by atoms with Crippen LogP contribution in [-0.4, -0.2) is 20.7 Å². The Labute approximate surface area is 137 Å². The van der Waals surface area contributed by atoms with Crippen molar-refractivity contribution in [3.05, 3.63) is 76.1 Å². The largest absolute Gasteiger partial charge is 0.294 e. The van der Waals surface area contributed by atoms with Crippen LogP contribution >= 0.6 is 0 Å². The third-order valence-electron chi connectivity index (χ3n) is 3.50. The fourth-order valence-corrected chi connectivity index (χ4v) is 2.34. The lowest BCUT2D eigenvalue weighted by molar-refractivity contribution is -0.384. The van der Waals surface area contributed by atoms with E-state index in [0.717, 1.165) is 5.52 Å². The predicted octanol–water partition coefficient (Wildman–Crippen LogP) is 3.67. The monoisotopic (exact) mass is 319 g/mol. The van der Waals surface area contributed by atoms with E-state index in [-0.39, 0.29) is 11.5 Å². The van der Waals surface area contributed by atoms with E-state index in [9.17, 15) is 14.9 Å². The Hall–Kier alpha value is -3.41. The van der Waals surface area contributed by atoms with Gasteiger partial charge in [-0.25, -0.2) is 4.98 Å². The molecule has 0 fully saturated rings. The van der Waals surface area contributed by atoms with Crippen molar-refractivity contribution >= 4 is 34.2 Å². The quantitative estimate of drug-likeness (QED) is 0.416. The van der Waals surface area contributed by atoms with Gasteiger partial charge in [0.05, 0.1) is 27.8 Å². The summed E-state index contributed by atoms with van der Waals surface area (Å²) in [5.74, 6) is -0.189. The van der Waals surface area contributed by atoms with Crippen LogP contribution in [-0.2, 0) is 4.79 Å². The molecule has 0 aliphatic heterocycles. The van der Waals surface area contributed by atoms with Gasteiger partial charge in [-0.05, 0) is 30.7 Å². The van der Waals surface area contributed by atoms with Crippen molar-refractivity contribution in [1.82, 2.24) is 9.97 Å². The Morgan fingerprint density at radius 2 is 1.88 bits per heavy atom. The number of nitro benzene ring substituents is 1. The van der Waals surface area contributed by atoms with Crippen LogP contribution in [0.25, 0.3) is 22.7 Å². The molecule has 3 aromatic rings. The molecule has 0 saturated carbocycles. The molecule has 0 spiro atoms. The molecule has 6 heteroatoms. The molecule has 24 heavy (non-hydrogen) atoms. The van der Waals surface area contributed by atoms with Gasteiger partial charge in [-0.1, -0.05) is 24.3 Å².